The topological polar surface area (TPSA) is 61.8 Å². The first kappa shape index (κ1) is 57.9. The number of allylic oxidation sites excluding steroid dienone is 8. The van der Waals surface area contributed by atoms with E-state index in [1.807, 2.05) is 0 Å². The lowest BCUT2D eigenvalue weighted by Crippen LogP contribution is -2.30. The quantitative estimate of drug-likeness (QED) is 0.0347. The summed E-state index contributed by atoms with van der Waals surface area (Å²) in [5.74, 6) is -0.404. The fourth-order valence-electron chi connectivity index (χ4n) is 7.46. The highest BCUT2D eigenvalue weighted by atomic mass is 16.6. The first-order valence-electron chi connectivity index (χ1n) is 26.2. The highest BCUT2D eigenvalue weighted by Crippen LogP contribution is 2.15. The maximum absolute atomic E-state index is 12.8. The number of hydrogen-bond donors (Lipinski definition) is 0. The second-order valence-corrected chi connectivity index (χ2v) is 17.4. The molecule has 0 aliphatic rings. The monoisotopic (exact) mass is 841 g/mol. The summed E-state index contributed by atoms with van der Waals surface area (Å²) in [4.78, 5) is 25.4. The molecule has 1 unspecified atom stereocenters. The average Bonchev–Trinajstić information content (AvgIpc) is 3.25. The first-order valence-corrected chi connectivity index (χ1v) is 26.2. The fourth-order valence-corrected chi connectivity index (χ4v) is 7.46. The highest BCUT2D eigenvalue weighted by Gasteiger charge is 2.17. The Kier molecular flexibility index (Phi) is 49.4. The third kappa shape index (κ3) is 48.5. The summed E-state index contributed by atoms with van der Waals surface area (Å²) in [7, 11) is 0. The van der Waals surface area contributed by atoms with Crippen LogP contribution in [0, 0.1) is 0 Å². The molecule has 60 heavy (non-hydrogen) atoms. The zero-order valence-corrected chi connectivity index (χ0v) is 40.2. The minimum atomic E-state index is -0.544. The van der Waals surface area contributed by atoms with Crippen LogP contribution >= 0.6 is 0 Å². The van der Waals surface area contributed by atoms with E-state index in [1.165, 1.54) is 154 Å². The lowest BCUT2D eigenvalue weighted by atomic mass is 10.0. The van der Waals surface area contributed by atoms with Crippen molar-refractivity contribution in [3.63, 3.8) is 0 Å². The van der Waals surface area contributed by atoms with Crippen LogP contribution in [0.15, 0.2) is 48.6 Å². The predicted octanol–water partition coefficient (Wildman–Crippen LogP) is 17.6. The standard InChI is InChI=1S/C55H100O5/c1-4-7-10-13-16-19-22-25-27-29-32-35-38-41-44-47-50-58-51-53(60-55(57)49-46-43-40-37-34-30-24-21-18-15-12-9-6-3)52-59-54(56)48-45-42-39-36-33-31-28-26-23-20-17-14-11-8-5-2/h7,10,16,19,21,24-25,27,53H,4-6,8-9,11-15,17-18,20,22-23,26,28-52H2,1-3H3/b10-7-,19-16-,24-21-,27-25-. The Morgan fingerprint density at radius 3 is 1.23 bits per heavy atom. The maximum atomic E-state index is 12.8. The summed E-state index contributed by atoms with van der Waals surface area (Å²) in [6.45, 7) is 7.70. The number of ether oxygens (including phenoxy) is 3. The van der Waals surface area contributed by atoms with Gasteiger partial charge in [-0.3, -0.25) is 9.59 Å². The van der Waals surface area contributed by atoms with E-state index in [0.717, 1.165) is 77.0 Å². The van der Waals surface area contributed by atoms with E-state index in [2.05, 4.69) is 69.4 Å². The van der Waals surface area contributed by atoms with Gasteiger partial charge in [-0.25, -0.2) is 0 Å². The van der Waals surface area contributed by atoms with Crippen molar-refractivity contribution in [2.75, 3.05) is 19.8 Å². The second-order valence-electron chi connectivity index (χ2n) is 17.4. The van der Waals surface area contributed by atoms with Crippen LogP contribution in [0.2, 0.25) is 0 Å². The Balaban J connectivity index is 4.27. The molecule has 0 saturated carbocycles. The molecule has 0 fully saturated rings. The van der Waals surface area contributed by atoms with Crippen LogP contribution in [0.3, 0.4) is 0 Å². The Hall–Kier alpha value is -2.14. The van der Waals surface area contributed by atoms with Crippen LogP contribution in [-0.2, 0) is 23.8 Å². The van der Waals surface area contributed by atoms with Gasteiger partial charge in [-0.15, -0.1) is 0 Å². The maximum Gasteiger partial charge on any atom is 0.306 e. The average molecular weight is 841 g/mol. The second kappa shape index (κ2) is 51.2. The predicted molar refractivity (Wildman–Crippen MR) is 261 cm³/mol. The smallest absolute Gasteiger partial charge is 0.306 e. The normalized spacial score (nSPS) is 12.5. The number of hydrogen-bond acceptors (Lipinski definition) is 5. The molecule has 0 bridgehead atoms. The molecule has 0 aliphatic heterocycles. The lowest BCUT2D eigenvalue weighted by molar-refractivity contribution is -0.163. The molecule has 0 aromatic rings. The van der Waals surface area contributed by atoms with E-state index < -0.39 is 6.10 Å². The number of unbranched alkanes of at least 4 members (excludes halogenated alkanes) is 29. The molecule has 0 heterocycles. The van der Waals surface area contributed by atoms with Crippen LogP contribution in [0.4, 0.5) is 0 Å². The highest BCUT2D eigenvalue weighted by molar-refractivity contribution is 5.70. The van der Waals surface area contributed by atoms with Gasteiger partial charge in [0.05, 0.1) is 6.61 Å². The molecule has 0 aromatic carbocycles. The molecular formula is C55H100O5. The van der Waals surface area contributed by atoms with Crippen LogP contribution < -0.4 is 0 Å². The molecule has 0 spiro atoms. The van der Waals surface area contributed by atoms with Gasteiger partial charge in [-0.2, -0.15) is 0 Å². The van der Waals surface area contributed by atoms with E-state index in [4.69, 9.17) is 14.2 Å². The van der Waals surface area contributed by atoms with Gasteiger partial charge in [0.15, 0.2) is 6.10 Å². The number of carbonyl (C=O) groups is 2. The summed E-state index contributed by atoms with van der Waals surface area (Å²) in [6, 6.07) is 0. The summed E-state index contributed by atoms with van der Waals surface area (Å²) in [5, 5.41) is 0. The third-order valence-electron chi connectivity index (χ3n) is 11.3. The number of carbonyl (C=O) groups excluding carboxylic acids is 2. The Bertz CT molecular complexity index is 997. The van der Waals surface area contributed by atoms with Crippen molar-refractivity contribution in [2.45, 2.75) is 271 Å². The molecule has 5 heteroatoms. The lowest BCUT2D eigenvalue weighted by Gasteiger charge is -2.18. The molecule has 5 nitrogen and oxygen atoms in total. The molecule has 1 atom stereocenters. The zero-order valence-electron chi connectivity index (χ0n) is 40.2. The fraction of sp³-hybridized carbons (Fsp3) is 0.818. The summed E-state index contributed by atoms with van der Waals surface area (Å²) < 4.78 is 17.4. The Morgan fingerprint density at radius 1 is 0.383 bits per heavy atom. The van der Waals surface area contributed by atoms with Crippen molar-refractivity contribution in [2.24, 2.45) is 0 Å². The number of rotatable bonds is 48. The van der Waals surface area contributed by atoms with Crippen molar-refractivity contribution >= 4 is 11.9 Å². The van der Waals surface area contributed by atoms with Gasteiger partial charge < -0.3 is 14.2 Å². The first-order chi connectivity index (χ1) is 29.6. The van der Waals surface area contributed by atoms with Crippen molar-refractivity contribution in [1.29, 1.82) is 0 Å². The van der Waals surface area contributed by atoms with Crippen molar-refractivity contribution < 1.29 is 23.8 Å². The van der Waals surface area contributed by atoms with Crippen molar-refractivity contribution in [3.8, 4) is 0 Å². The van der Waals surface area contributed by atoms with Gasteiger partial charge in [0.2, 0.25) is 0 Å². The minimum absolute atomic E-state index is 0.0798. The Morgan fingerprint density at radius 2 is 0.750 bits per heavy atom. The molecule has 0 rings (SSSR count). The van der Waals surface area contributed by atoms with E-state index in [-0.39, 0.29) is 25.2 Å². The van der Waals surface area contributed by atoms with E-state index >= 15 is 0 Å². The van der Waals surface area contributed by atoms with Crippen LogP contribution in [0.5, 0.6) is 0 Å². The van der Waals surface area contributed by atoms with Crippen LogP contribution in [0.1, 0.15) is 265 Å². The molecule has 0 amide bonds. The summed E-state index contributed by atoms with van der Waals surface area (Å²) in [6.07, 6.45) is 62.6. The molecule has 350 valence electrons. The minimum Gasteiger partial charge on any atom is -0.462 e. The SMILES string of the molecule is CC/C=C\C/C=C\C/C=C\CCCCCCCCOCC(COC(=O)CCCCCCCCCCCCCCCCC)OC(=O)CCCCCCC/C=C\CCCCCC. The van der Waals surface area contributed by atoms with Crippen molar-refractivity contribution in [1.82, 2.24) is 0 Å². The molecule has 0 aromatic heterocycles. The van der Waals surface area contributed by atoms with E-state index in [9.17, 15) is 9.59 Å². The van der Waals surface area contributed by atoms with E-state index in [0.29, 0.717) is 19.4 Å². The Labute approximate surface area is 373 Å². The van der Waals surface area contributed by atoms with Crippen LogP contribution in [-0.4, -0.2) is 37.9 Å². The van der Waals surface area contributed by atoms with Gasteiger partial charge >= 0.3 is 11.9 Å². The largest absolute Gasteiger partial charge is 0.462 e. The van der Waals surface area contributed by atoms with Gasteiger partial charge in [-0.05, 0) is 77.0 Å². The molecule has 0 aliphatic carbocycles. The zero-order chi connectivity index (χ0) is 43.5. The molecule has 0 radical (unpaired) electrons. The molecule has 0 N–H and O–H groups in total. The number of esters is 2. The molecular weight excluding hydrogens is 741 g/mol. The molecule has 0 saturated heterocycles. The van der Waals surface area contributed by atoms with Crippen LogP contribution in [0.25, 0.3) is 0 Å². The summed E-state index contributed by atoms with van der Waals surface area (Å²) in [5.41, 5.74) is 0. The van der Waals surface area contributed by atoms with Gasteiger partial charge in [-0.1, -0.05) is 223 Å². The van der Waals surface area contributed by atoms with Gasteiger partial charge in [0.1, 0.15) is 6.61 Å². The van der Waals surface area contributed by atoms with Crippen molar-refractivity contribution in [3.05, 3.63) is 48.6 Å². The summed E-state index contributed by atoms with van der Waals surface area (Å²) >= 11 is 0. The third-order valence-corrected chi connectivity index (χ3v) is 11.3. The van der Waals surface area contributed by atoms with E-state index in [1.54, 1.807) is 0 Å². The van der Waals surface area contributed by atoms with Gasteiger partial charge in [0, 0.05) is 19.4 Å². The van der Waals surface area contributed by atoms with Gasteiger partial charge in [0.25, 0.3) is 0 Å².